The monoisotopic (exact) mass is 802 g/mol. The van der Waals surface area contributed by atoms with E-state index in [9.17, 15) is 5.11 Å². The minimum absolute atomic E-state index is 0.0854. The summed E-state index contributed by atoms with van der Waals surface area (Å²) in [6.07, 6.45) is 1.23. The van der Waals surface area contributed by atoms with E-state index in [4.69, 9.17) is 32.2 Å². The van der Waals surface area contributed by atoms with E-state index in [2.05, 4.69) is 126 Å². The molecule has 0 aliphatic carbocycles. The number of ether oxygens (including phenoxy) is 4. The number of aliphatic hydroxyl groups excluding tert-OH is 1. The van der Waals surface area contributed by atoms with Gasteiger partial charge >= 0.3 is 0 Å². The zero-order chi connectivity index (χ0) is 40.8. The Hall–Kier alpha value is -1.65. The lowest BCUT2D eigenvalue weighted by Gasteiger charge is -2.48. The molecule has 3 rings (SSSR count). The van der Waals surface area contributed by atoms with E-state index in [1.807, 2.05) is 42.5 Å². The highest BCUT2D eigenvalue weighted by molar-refractivity contribution is 6.75. The van der Waals surface area contributed by atoms with Crippen LogP contribution in [-0.4, -0.2) is 87.0 Å². The Balaban J connectivity index is 2.21. The molecule has 0 spiro atoms. The molecule has 11 heteroatoms. The molecule has 1 aliphatic heterocycles. The van der Waals surface area contributed by atoms with Crippen molar-refractivity contribution in [3.8, 4) is 5.75 Å². The van der Waals surface area contributed by atoms with Crippen molar-refractivity contribution in [1.29, 1.82) is 0 Å². The number of aliphatic hydroxyl groups is 1. The van der Waals surface area contributed by atoms with Gasteiger partial charge in [-0.05, 0) is 77.7 Å². The molecule has 54 heavy (non-hydrogen) atoms. The predicted molar refractivity (Wildman–Crippen MR) is 229 cm³/mol. The normalized spacial score (nSPS) is 19.8. The van der Waals surface area contributed by atoms with Crippen LogP contribution in [0.2, 0.25) is 54.4 Å². The van der Waals surface area contributed by atoms with Crippen LogP contribution >= 0.6 is 0 Å². The minimum atomic E-state index is -2.48. The van der Waals surface area contributed by atoms with Crippen molar-refractivity contribution >= 4 is 25.0 Å². The van der Waals surface area contributed by atoms with Gasteiger partial charge in [0.25, 0.3) is 0 Å². The van der Waals surface area contributed by atoms with Crippen molar-refractivity contribution in [2.75, 3.05) is 20.3 Å². The third-order valence-electron chi connectivity index (χ3n) is 12.1. The summed E-state index contributed by atoms with van der Waals surface area (Å²) in [7, 11) is -5.29. The Morgan fingerprint density at radius 2 is 1.19 bits per heavy atom. The fourth-order valence-electron chi connectivity index (χ4n) is 5.25. The van der Waals surface area contributed by atoms with Crippen LogP contribution in [0.3, 0.4) is 0 Å². The molecule has 2 aromatic rings. The summed E-state index contributed by atoms with van der Waals surface area (Å²) >= 11 is 0. The molecule has 0 amide bonds. The molecule has 0 unspecified atom stereocenters. The first-order chi connectivity index (χ1) is 24.8. The first-order valence-electron chi connectivity index (χ1n) is 19.7. The second-order valence-corrected chi connectivity index (χ2v) is 33.7. The van der Waals surface area contributed by atoms with E-state index in [1.54, 1.807) is 7.11 Å². The summed E-state index contributed by atoms with van der Waals surface area (Å²) in [6, 6.07) is 18.2. The van der Waals surface area contributed by atoms with Crippen LogP contribution in [0.1, 0.15) is 73.4 Å². The highest BCUT2D eigenvalue weighted by Gasteiger charge is 2.55. The molecule has 1 saturated heterocycles. The Morgan fingerprint density at radius 3 is 1.67 bits per heavy atom. The average Bonchev–Trinajstić information content (AvgIpc) is 3.85. The Labute approximate surface area is 331 Å². The van der Waals surface area contributed by atoms with E-state index in [0.717, 1.165) is 16.9 Å². The Morgan fingerprint density at radius 1 is 0.685 bits per heavy atom. The number of hydrogen-bond acceptors (Lipinski definition) is 8. The fraction of sp³-hybridized carbons (Fsp3) is 0.674. The molecular weight excluding hydrogens is 729 g/mol. The molecule has 0 radical (unpaired) electrons. The molecule has 2 aromatic carbocycles. The van der Waals surface area contributed by atoms with Gasteiger partial charge < -0.3 is 37.3 Å². The van der Waals surface area contributed by atoms with E-state index in [-0.39, 0.29) is 33.9 Å². The number of methoxy groups -OCH3 is 1. The summed E-state index contributed by atoms with van der Waals surface area (Å²) in [5, 5.41) is 10.2. The van der Waals surface area contributed by atoms with Gasteiger partial charge in [-0.1, -0.05) is 117 Å². The molecule has 1 fully saturated rings. The van der Waals surface area contributed by atoms with Crippen LogP contribution < -0.4 is 4.74 Å². The van der Waals surface area contributed by atoms with Gasteiger partial charge in [-0.25, -0.2) is 0 Å². The first-order valence-corrected chi connectivity index (χ1v) is 28.4. The predicted octanol–water partition coefficient (Wildman–Crippen LogP) is 10.3. The number of rotatable bonds is 20. The largest absolute Gasteiger partial charge is 0.497 e. The molecule has 1 aliphatic rings. The quantitative estimate of drug-likeness (QED) is 0.0805. The number of epoxide rings is 1. The van der Waals surface area contributed by atoms with Crippen molar-refractivity contribution in [1.82, 2.24) is 0 Å². The molecule has 0 aromatic heterocycles. The first kappa shape index (κ1) is 46.7. The third-order valence-corrected chi connectivity index (χ3v) is 25.6. The van der Waals surface area contributed by atoms with Gasteiger partial charge in [-0.15, -0.1) is 0 Å². The third kappa shape index (κ3) is 12.9. The minimum Gasteiger partial charge on any atom is -0.497 e. The highest BCUT2D eigenvalue weighted by Crippen LogP contribution is 2.44. The molecule has 0 saturated carbocycles. The number of benzene rings is 2. The molecule has 306 valence electrons. The van der Waals surface area contributed by atoms with E-state index >= 15 is 0 Å². The lowest BCUT2D eigenvalue weighted by atomic mass is 9.98. The van der Waals surface area contributed by atoms with Crippen LogP contribution in [0.15, 0.2) is 66.7 Å². The molecule has 6 atom stereocenters. The smallest absolute Gasteiger partial charge is 0.192 e. The van der Waals surface area contributed by atoms with Gasteiger partial charge in [0.15, 0.2) is 25.0 Å². The Bertz CT molecular complexity index is 1440. The molecule has 1 N–H and O–H groups in total. The maximum absolute atomic E-state index is 10.3. The van der Waals surface area contributed by atoms with Gasteiger partial charge in [-0.2, -0.15) is 0 Å². The topological polar surface area (TPSA) is 88.1 Å². The van der Waals surface area contributed by atoms with E-state index in [1.165, 1.54) is 0 Å². The maximum Gasteiger partial charge on any atom is 0.192 e. The standard InChI is InChI=1S/C43H74O8Si3/c1-41(2,3)52(11,12)48-28-20-23-35(46-30-32-21-18-17-19-22-32)38(50-53(13,14)42(4,5)6)40(51-54(15,16)43(7,8)9)39(37-36(29-44)49-37)47-31-33-24-26-34(45-10)27-25-33/h17-27,35-40,44H,28-31H2,1-16H3/b23-20+/t35-,36+,37-,38+,39+,40+/m0/s1. The zero-order valence-electron chi connectivity index (χ0n) is 36.4. The Kier molecular flexibility index (Phi) is 16.2. The SMILES string of the molecule is COc1ccc(CO[C@@H]([C@H](O[Si](C)(C)C(C)(C)C)[C@H](O[Si](C)(C)C(C)(C)C)[C@H](/C=C/CO[Si](C)(C)C(C)(C)C)OCc2ccccc2)[C@H]2O[C@@H]2CO)cc1. The van der Waals surface area contributed by atoms with Crippen LogP contribution in [0.4, 0.5) is 0 Å². The van der Waals surface area contributed by atoms with E-state index in [0.29, 0.717) is 19.8 Å². The molecule has 1 heterocycles. The lowest BCUT2D eigenvalue weighted by Crippen LogP contribution is -2.60. The lowest BCUT2D eigenvalue weighted by molar-refractivity contribution is -0.127. The van der Waals surface area contributed by atoms with Crippen LogP contribution in [0, 0.1) is 0 Å². The van der Waals surface area contributed by atoms with Crippen LogP contribution in [0.5, 0.6) is 5.75 Å². The van der Waals surface area contributed by atoms with Gasteiger partial charge in [-0.3, -0.25) is 0 Å². The number of hydrogen-bond donors (Lipinski definition) is 1. The van der Waals surface area contributed by atoms with Crippen molar-refractivity contribution in [3.63, 3.8) is 0 Å². The van der Waals surface area contributed by atoms with Crippen LogP contribution in [0.25, 0.3) is 0 Å². The average molecular weight is 803 g/mol. The van der Waals surface area contributed by atoms with Gasteiger partial charge in [0.2, 0.25) is 0 Å². The molecule has 8 nitrogen and oxygen atoms in total. The van der Waals surface area contributed by atoms with Crippen molar-refractivity contribution < 1.29 is 37.3 Å². The maximum atomic E-state index is 10.3. The molecular formula is C43H74O8Si3. The van der Waals surface area contributed by atoms with Crippen LogP contribution in [-0.2, 0) is 40.7 Å². The van der Waals surface area contributed by atoms with Crippen molar-refractivity contribution in [2.45, 2.75) is 167 Å². The zero-order valence-corrected chi connectivity index (χ0v) is 39.4. The molecule has 0 bridgehead atoms. The summed E-state index contributed by atoms with van der Waals surface area (Å²) in [4.78, 5) is 0. The second-order valence-electron chi connectivity index (χ2n) is 19.4. The highest BCUT2D eigenvalue weighted by atomic mass is 28.4. The van der Waals surface area contributed by atoms with Gasteiger partial charge in [0.05, 0.1) is 33.5 Å². The summed E-state index contributed by atoms with van der Waals surface area (Å²) in [6.45, 7) is 35.0. The summed E-state index contributed by atoms with van der Waals surface area (Å²) in [5.41, 5.74) is 2.06. The second kappa shape index (κ2) is 18.7. The fourth-order valence-corrected chi connectivity index (χ4v) is 8.80. The summed E-state index contributed by atoms with van der Waals surface area (Å²) < 4.78 is 47.2. The van der Waals surface area contributed by atoms with Gasteiger partial charge in [0, 0.05) is 0 Å². The summed E-state index contributed by atoms with van der Waals surface area (Å²) in [5.74, 6) is 0.783. The van der Waals surface area contributed by atoms with Gasteiger partial charge in [0.1, 0.15) is 42.4 Å². The van der Waals surface area contributed by atoms with Crippen molar-refractivity contribution in [3.05, 3.63) is 77.9 Å². The van der Waals surface area contributed by atoms with Crippen molar-refractivity contribution in [2.24, 2.45) is 0 Å². The van der Waals surface area contributed by atoms with E-state index < -0.39 is 49.4 Å².